The summed E-state index contributed by atoms with van der Waals surface area (Å²) in [6.07, 6.45) is 4.96. The standard InChI is InChI=1S/C21H21F2N5O/c22-16-5-3-14(12-17(16)23)4-6-20(29)26-15-8-11-28(13-15)21-25-10-7-19(27-21)18-2-1-9-24-18/h1-3,5,7,9-10,12,15,24H,4,6,8,11,13H2,(H,26,29). The lowest BCUT2D eigenvalue weighted by atomic mass is 10.1. The van der Waals surface area contributed by atoms with E-state index < -0.39 is 11.6 Å². The van der Waals surface area contributed by atoms with Crippen molar-refractivity contribution in [3.63, 3.8) is 0 Å². The van der Waals surface area contributed by atoms with Crippen LogP contribution in [0.2, 0.25) is 0 Å². The molecule has 150 valence electrons. The Kier molecular flexibility index (Phi) is 5.50. The van der Waals surface area contributed by atoms with Crippen molar-refractivity contribution in [3.8, 4) is 11.4 Å². The molecule has 0 spiro atoms. The molecule has 0 bridgehead atoms. The third-order valence-electron chi connectivity index (χ3n) is 4.98. The normalized spacial score (nSPS) is 16.2. The summed E-state index contributed by atoms with van der Waals surface area (Å²) in [5, 5.41) is 3.01. The fourth-order valence-corrected chi connectivity index (χ4v) is 3.45. The van der Waals surface area contributed by atoms with Crippen molar-refractivity contribution in [2.24, 2.45) is 0 Å². The second-order valence-corrected chi connectivity index (χ2v) is 7.07. The van der Waals surface area contributed by atoms with E-state index >= 15 is 0 Å². The van der Waals surface area contributed by atoms with E-state index in [0.717, 1.165) is 36.5 Å². The van der Waals surface area contributed by atoms with E-state index in [1.165, 1.54) is 6.07 Å². The first-order valence-electron chi connectivity index (χ1n) is 9.53. The van der Waals surface area contributed by atoms with Crippen LogP contribution in [0.4, 0.5) is 14.7 Å². The lowest BCUT2D eigenvalue weighted by molar-refractivity contribution is -0.121. The molecule has 3 aromatic rings. The van der Waals surface area contributed by atoms with Crippen molar-refractivity contribution >= 4 is 11.9 Å². The molecule has 1 aromatic carbocycles. The van der Waals surface area contributed by atoms with Gasteiger partial charge in [-0.25, -0.2) is 18.7 Å². The quantitative estimate of drug-likeness (QED) is 0.671. The summed E-state index contributed by atoms with van der Waals surface area (Å²) < 4.78 is 26.2. The van der Waals surface area contributed by atoms with Gasteiger partial charge in [0.05, 0.1) is 11.4 Å². The number of carbonyl (C=O) groups is 1. The zero-order valence-corrected chi connectivity index (χ0v) is 15.7. The van der Waals surface area contributed by atoms with Crippen LogP contribution in [0.5, 0.6) is 0 Å². The Morgan fingerprint density at radius 2 is 2.14 bits per heavy atom. The molecule has 2 N–H and O–H groups in total. The van der Waals surface area contributed by atoms with E-state index in [2.05, 4.69) is 20.3 Å². The number of aromatic nitrogens is 3. The van der Waals surface area contributed by atoms with Crippen LogP contribution in [0.3, 0.4) is 0 Å². The summed E-state index contributed by atoms with van der Waals surface area (Å²) in [5.74, 6) is -1.25. The van der Waals surface area contributed by atoms with E-state index in [0.29, 0.717) is 24.5 Å². The first-order chi connectivity index (χ1) is 14.1. The zero-order valence-electron chi connectivity index (χ0n) is 15.7. The maximum absolute atomic E-state index is 13.3. The number of nitrogens with zero attached hydrogens (tertiary/aromatic N) is 3. The van der Waals surface area contributed by atoms with Gasteiger partial charge in [-0.3, -0.25) is 4.79 Å². The smallest absolute Gasteiger partial charge is 0.225 e. The number of hydrogen-bond donors (Lipinski definition) is 2. The number of rotatable bonds is 6. The molecular formula is C21H21F2N5O. The van der Waals surface area contributed by atoms with Crippen LogP contribution in [-0.4, -0.2) is 40.0 Å². The molecule has 8 heteroatoms. The van der Waals surface area contributed by atoms with Gasteiger partial charge in [0.25, 0.3) is 0 Å². The lowest BCUT2D eigenvalue weighted by Crippen LogP contribution is -2.37. The largest absolute Gasteiger partial charge is 0.360 e. The number of aryl methyl sites for hydroxylation is 1. The van der Waals surface area contributed by atoms with E-state index in [4.69, 9.17) is 0 Å². The summed E-state index contributed by atoms with van der Waals surface area (Å²) in [5.41, 5.74) is 2.34. The van der Waals surface area contributed by atoms with Gasteiger partial charge in [-0.05, 0) is 48.7 Å². The number of hydrogen-bond acceptors (Lipinski definition) is 4. The molecule has 0 saturated carbocycles. The number of anilines is 1. The highest BCUT2D eigenvalue weighted by Crippen LogP contribution is 2.20. The highest BCUT2D eigenvalue weighted by molar-refractivity contribution is 5.76. The molecule has 1 fully saturated rings. The molecule has 1 saturated heterocycles. The molecule has 0 radical (unpaired) electrons. The van der Waals surface area contributed by atoms with Crippen LogP contribution in [0.25, 0.3) is 11.4 Å². The number of carbonyl (C=O) groups excluding carboxylic acids is 1. The first-order valence-corrected chi connectivity index (χ1v) is 9.53. The Bertz CT molecular complexity index is 992. The van der Waals surface area contributed by atoms with Crippen molar-refractivity contribution in [3.05, 3.63) is 66.0 Å². The predicted octanol–water partition coefficient (Wildman–Crippen LogP) is 3.08. The number of halogens is 2. The van der Waals surface area contributed by atoms with E-state index in [1.807, 2.05) is 29.3 Å². The molecule has 1 unspecified atom stereocenters. The summed E-state index contributed by atoms with van der Waals surface area (Å²) >= 11 is 0. The third-order valence-corrected chi connectivity index (χ3v) is 4.98. The Hall–Kier alpha value is -3.29. The van der Waals surface area contributed by atoms with Gasteiger partial charge in [0.1, 0.15) is 0 Å². The fourth-order valence-electron chi connectivity index (χ4n) is 3.45. The summed E-state index contributed by atoms with van der Waals surface area (Å²) in [6, 6.07) is 9.43. The second-order valence-electron chi connectivity index (χ2n) is 7.07. The first kappa shape index (κ1) is 19.0. The van der Waals surface area contributed by atoms with Gasteiger partial charge in [0.2, 0.25) is 11.9 Å². The summed E-state index contributed by atoms with van der Waals surface area (Å²) in [6.45, 7) is 1.38. The molecule has 4 rings (SSSR count). The number of nitrogens with one attached hydrogen (secondary N) is 2. The van der Waals surface area contributed by atoms with Crippen molar-refractivity contribution in [1.82, 2.24) is 20.3 Å². The predicted molar refractivity (Wildman–Crippen MR) is 105 cm³/mol. The fraction of sp³-hybridized carbons (Fsp3) is 0.286. The highest BCUT2D eigenvalue weighted by atomic mass is 19.2. The van der Waals surface area contributed by atoms with Crippen LogP contribution in [-0.2, 0) is 11.2 Å². The molecule has 29 heavy (non-hydrogen) atoms. The number of H-pyrrole nitrogens is 1. The number of amides is 1. The van der Waals surface area contributed by atoms with Gasteiger partial charge < -0.3 is 15.2 Å². The van der Waals surface area contributed by atoms with Gasteiger partial charge >= 0.3 is 0 Å². The topological polar surface area (TPSA) is 73.9 Å². The van der Waals surface area contributed by atoms with E-state index in [1.54, 1.807) is 6.20 Å². The molecule has 1 aliphatic rings. The van der Waals surface area contributed by atoms with Gasteiger partial charge in [-0.2, -0.15) is 0 Å². The molecule has 0 aliphatic carbocycles. The Balaban J connectivity index is 1.30. The van der Waals surface area contributed by atoms with Crippen LogP contribution < -0.4 is 10.2 Å². The molecule has 6 nitrogen and oxygen atoms in total. The monoisotopic (exact) mass is 397 g/mol. The molecule has 1 atom stereocenters. The number of aromatic amines is 1. The Morgan fingerprint density at radius 1 is 1.24 bits per heavy atom. The maximum atomic E-state index is 13.3. The average molecular weight is 397 g/mol. The molecule has 2 aromatic heterocycles. The SMILES string of the molecule is O=C(CCc1ccc(F)c(F)c1)NC1CCN(c2nccc(-c3ccc[nH]3)n2)C1. The zero-order chi connectivity index (χ0) is 20.2. The molecular weight excluding hydrogens is 376 g/mol. The van der Waals surface area contributed by atoms with Crippen LogP contribution in [0, 0.1) is 11.6 Å². The van der Waals surface area contributed by atoms with Crippen molar-refractivity contribution < 1.29 is 13.6 Å². The minimum atomic E-state index is -0.893. The average Bonchev–Trinajstić information content (AvgIpc) is 3.41. The van der Waals surface area contributed by atoms with Gasteiger partial charge in [-0.15, -0.1) is 0 Å². The Morgan fingerprint density at radius 3 is 2.93 bits per heavy atom. The maximum Gasteiger partial charge on any atom is 0.225 e. The van der Waals surface area contributed by atoms with Gasteiger partial charge in [0.15, 0.2) is 11.6 Å². The van der Waals surface area contributed by atoms with Gasteiger partial charge in [-0.1, -0.05) is 6.07 Å². The van der Waals surface area contributed by atoms with Crippen molar-refractivity contribution in [1.29, 1.82) is 0 Å². The van der Waals surface area contributed by atoms with Gasteiger partial charge in [0, 0.05) is 37.9 Å². The minimum absolute atomic E-state index is 0.00481. The summed E-state index contributed by atoms with van der Waals surface area (Å²) in [7, 11) is 0. The molecule has 3 heterocycles. The second kappa shape index (κ2) is 8.38. The van der Waals surface area contributed by atoms with Crippen molar-refractivity contribution in [2.45, 2.75) is 25.3 Å². The Labute approximate surface area is 167 Å². The molecule has 1 aliphatic heterocycles. The minimum Gasteiger partial charge on any atom is -0.360 e. The van der Waals surface area contributed by atoms with Crippen molar-refractivity contribution in [2.75, 3.05) is 18.0 Å². The van der Waals surface area contributed by atoms with Crippen LogP contribution in [0.15, 0.2) is 48.8 Å². The summed E-state index contributed by atoms with van der Waals surface area (Å²) in [4.78, 5) is 26.4. The number of benzene rings is 1. The third kappa shape index (κ3) is 4.59. The van der Waals surface area contributed by atoms with Crippen LogP contribution in [0.1, 0.15) is 18.4 Å². The molecule has 1 amide bonds. The van der Waals surface area contributed by atoms with E-state index in [9.17, 15) is 13.6 Å². The van der Waals surface area contributed by atoms with E-state index in [-0.39, 0.29) is 18.4 Å². The lowest BCUT2D eigenvalue weighted by Gasteiger charge is -2.17. The van der Waals surface area contributed by atoms with Crippen LogP contribution >= 0.6 is 0 Å². The highest BCUT2D eigenvalue weighted by Gasteiger charge is 2.25.